The molecule has 0 bridgehead atoms. The zero-order valence-electron chi connectivity index (χ0n) is 10.6. The predicted molar refractivity (Wildman–Crippen MR) is 68.2 cm³/mol. The molecule has 14 heavy (non-hydrogen) atoms. The van der Waals surface area contributed by atoms with Gasteiger partial charge < -0.3 is 0 Å². The molecule has 1 rings (SSSR count). The van der Waals surface area contributed by atoms with E-state index in [1.54, 1.807) is 10.8 Å². The Balaban J connectivity index is 3.26. The lowest BCUT2D eigenvalue weighted by atomic mass is 9.89. The van der Waals surface area contributed by atoms with Crippen molar-refractivity contribution in [3.05, 3.63) is 22.9 Å². The third-order valence-corrected chi connectivity index (χ3v) is 5.94. The van der Waals surface area contributed by atoms with Crippen LogP contribution < -0.4 is 0 Å². The third kappa shape index (κ3) is 1.74. The van der Waals surface area contributed by atoms with Crippen LogP contribution in [0.5, 0.6) is 0 Å². The summed E-state index contributed by atoms with van der Waals surface area (Å²) in [4.78, 5) is 0. The molecule has 0 radical (unpaired) electrons. The second kappa shape index (κ2) is 3.37. The number of allylic oxidation sites excluding steroid dienone is 3. The lowest BCUT2D eigenvalue weighted by molar-refractivity contribution is 0.577. The molecule has 0 aromatic heterocycles. The smallest absolute Gasteiger partial charge is 0.0735 e. The summed E-state index contributed by atoms with van der Waals surface area (Å²) in [7, 11) is -1.17. The Morgan fingerprint density at radius 2 is 1.79 bits per heavy atom. The van der Waals surface area contributed by atoms with E-state index in [-0.39, 0.29) is 5.41 Å². The average Bonchev–Trinajstić information content (AvgIpc) is 2.21. The highest BCUT2D eigenvalue weighted by Crippen LogP contribution is 2.50. The van der Waals surface area contributed by atoms with Crippen LogP contribution in [-0.2, 0) is 0 Å². The largest absolute Gasteiger partial charge is 0.0987 e. The molecule has 0 fully saturated rings. The van der Waals surface area contributed by atoms with E-state index in [4.69, 9.17) is 0 Å². The normalized spacial score (nSPS) is 22.0. The summed E-state index contributed by atoms with van der Waals surface area (Å²) in [6.07, 6.45) is 2.37. The first-order chi connectivity index (χ1) is 6.21. The Morgan fingerprint density at radius 1 is 1.29 bits per heavy atom. The summed E-state index contributed by atoms with van der Waals surface area (Å²) < 4.78 is 0. The maximum absolute atomic E-state index is 4.25. The van der Waals surface area contributed by atoms with Crippen LogP contribution in [0.4, 0.5) is 0 Å². The molecule has 80 valence electrons. The lowest BCUT2D eigenvalue weighted by Crippen LogP contribution is -2.33. The lowest BCUT2D eigenvalue weighted by Gasteiger charge is -2.33. The fourth-order valence-corrected chi connectivity index (χ4v) is 6.33. The van der Waals surface area contributed by atoms with Crippen molar-refractivity contribution in [2.45, 2.75) is 53.3 Å². The standard InChI is InChI=1S/C13H24Si/c1-8-11-9-10(2)13(3,4)12(11)14(5,6)7/h2,8-9H2,1,3-7H3. The molecule has 1 heteroatoms. The molecular weight excluding hydrogens is 184 g/mol. The van der Waals surface area contributed by atoms with E-state index in [9.17, 15) is 0 Å². The molecule has 0 aliphatic heterocycles. The summed E-state index contributed by atoms with van der Waals surface area (Å²) in [6.45, 7) is 18.6. The zero-order valence-corrected chi connectivity index (χ0v) is 11.6. The van der Waals surface area contributed by atoms with E-state index in [1.165, 1.54) is 12.0 Å². The Morgan fingerprint density at radius 3 is 2.07 bits per heavy atom. The van der Waals surface area contributed by atoms with Gasteiger partial charge >= 0.3 is 0 Å². The highest BCUT2D eigenvalue weighted by Gasteiger charge is 2.41. The Hall–Kier alpha value is -0.303. The van der Waals surface area contributed by atoms with E-state index >= 15 is 0 Å². The van der Waals surface area contributed by atoms with Gasteiger partial charge in [-0.25, -0.2) is 0 Å². The molecule has 0 aromatic carbocycles. The van der Waals surface area contributed by atoms with Crippen LogP contribution in [0.1, 0.15) is 33.6 Å². The maximum Gasteiger partial charge on any atom is 0.0735 e. The minimum atomic E-state index is -1.17. The molecule has 0 spiro atoms. The van der Waals surface area contributed by atoms with Crippen molar-refractivity contribution in [2.75, 3.05) is 0 Å². The highest BCUT2D eigenvalue weighted by atomic mass is 28.3. The quantitative estimate of drug-likeness (QED) is 0.461. The molecule has 0 N–H and O–H groups in total. The summed E-state index contributed by atoms with van der Waals surface area (Å²) in [6, 6.07) is 0. The van der Waals surface area contributed by atoms with Gasteiger partial charge in [-0.2, -0.15) is 0 Å². The van der Waals surface area contributed by atoms with Crippen molar-refractivity contribution in [2.24, 2.45) is 5.41 Å². The van der Waals surface area contributed by atoms with Crippen molar-refractivity contribution in [3.8, 4) is 0 Å². The molecule has 0 saturated carbocycles. The van der Waals surface area contributed by atoms with Gasteiger partial charge in [0.1, 0.15) is 0 Å². The van der Waals surface area contributed by atoms with Gasteiger partial charge in [0.05, 0.1) is 8.07 Å². The predicted octanol–water partition coefficient (Wildman–Crippen LogP) is 4.56. The maximum atomic E-state index is 4.25. The Bertz CT molecular complexity index is 287. The van der Waals surface area contributed by atoms with Crippen LogP contribution in [0.15, 0.2) is 22.9 Å². The molecule has 1 aliphatic rings. The van der Waals surface area contributed by atoms with Crippen LogP contribution >= 0.6 is 0 Å². The van der Waals surface area contributed by atoms with Crippen molar-refractivity contribution in [1.82, 2.24) is 0 Å². The van der Waals surface area contributed by atoms with Crippen LogP contribution in [0, 0.1) is 5.41 Å². The van der Waals surface area contributed by atoms with Gasteiger partial charge in [0.15, 0.2) is 0 Å². The second-order valence-electron chi connectivity index (χ2n) is 5.99. The molecular formula is C13H24Si. The fourth-order valence-electron chi connectivity index (χ4n) is 2.96. The Kier molecular flexibility index (Phi) is 2.83. The van der Waals surface area contributed by atoms with Crippen LogP contribution in [0.25, 0.3) is 0 Å². The van der Waals surface area contributed by atoms with Crippen LogP contribution in [-0.4, -0.2) is 8.07 Å². The fraction of sp³-hybridized carbons (Fsp3) is 0.692. The molecule has 1 aliphatic carbocycles. The van der Waals surface area contributed by atoms with E-state index < -0.39 is 8.07 Å². The molecule has 0 amide bonds. The summed E-state index contributed by atoms with van der Waals surface area (Å²) in [5.41, 5.74) is 3.38. The average molecular weight is 208 g/mol. The van der Waals surface area contributed by atoms with Gasteiger partial charge in [-0.3, -0.25) is 0 Å². The summed E-state index contributed by atoms with van der Waals surface area (Å²) in [5.74, 6) is 0. The van der Waals surface area contributed by atoms with Crippen LogP contribution in [0.2, 0.25) is 19.6 Å². The first kappa shape index (κ1) is 11.8. The molecule has 0 heterocycles. The van der Waals surface area contributed by atoms with Gasteiger partial charge in [-0.15, -0.1) is 0 Å². The monoisotopic (exact) mass is 208 g/mol. The van der Waals surface area contributed by atoms with Crippen molar-refractivity contribution >= 4 is 8.07 Å². The summed E-state index contributed by atoms with van der Waals surface area (Å²) in [5, 5.41) is 1.76. The van der Waals surface area contributed by atoms with Gasteiger partial charge in [-0.05, 0) is 12.8 Å². The van der Waals surface area contributed by atoms with E-state index in [1.807, 2.05) is 0 Å². The van der Waals surface area contributed by atoms with E-state index in [0.29, 0.717) is 0 Å². The van der Waals surface area contributed by atoms with E-state index in [2.05, 4.69) is 47.0 Å². The number of hydrogen-bond donors (Lipinski definition) is 0. The minimum Gasteiger partial charge on any atom is -0.0987 e. The summed E-state index contributed by atoms with van der Waals surface area (Å²) >= 11 is 0. The van der Waals surface area contributed by atoms with E-state index in [0.717, 1.165) is 6.42 Å². The highest BCUT2D eigenvalue weighted by molar-refractivity contribution is 6.83. The molecule has 0 atom stereocenters. The van der Waals surface area contributed by atoms with Crippen molar-refractivity contribution < 1.29 is 0 Å². The van der Waals surface area contributed by atoms with Gasteiger partial charge in [0.25, 0.3) is 0 Å². The second-order valence-corrected chi connectivity index (χ2v) is 11.0. The Labute approximate surface area is 90.1 Å². The van der Waals surface area contributed by atoms with Crippen molar-refractivity contribution in [1.29, 1.82) is 0 Å². The molecule has 0 unspecified atom stereocenters. The number of hydrogen-bond acceptors (Lipinski definition) is 0. The third-order valence-electron chi connectivity index (χ3n) is 3.47. The van der Waals surface area contributed by atoms with Crippen molar-refractivity contribution in [3.63, 3.8) is 0 Å². The van der Waals surface area contributed by atoms with Gasteiger partial charge in [0, 0.05) is 5.41 Å². The van der Waals surface area contributed by atoms with Crippen LogP contribution in [0.3, 0.4) is 0 Å². The topological polar surface area (TPSA) is 0 Å². The first-order valence-corrected chi connectivity index (χ1v) is 9.12. The molecule has 0 aromatic rings. The van der Waals surface area contributed by atoms with Gasteiger partial charge in [-0.1, -0.05) is 63.3 Å². The number of rotatable bonds is 2. The molecule has 0 nitrogen and oxygen atoms in total. The minimum absolute atomic E-state index is 0.274. The molecule has 0 saturated heterocycles. The van der Waals surface area contributed by atoms with Gasteiger partial charge in [0.2, 0.25) is 0 Å². The SMILES string of the molecule is C=C1CC(CC)=C([Si](C)(C)C)C1(C)C. The first-order valence-electron chi connectivity index (χ1n) is 5.62. The zero-order chi connectivity index (χ0) is 11.1.